The number of amides is 4. The SMILES string of the molecule is O=C(Nc1ccc2c(c1)NC(=O)N(CCO)C2)N[C@H]1CC[C@H](c2ccccc2)C1. The van der Waals surface area contributed by atoms with Crippen LogP contribution in [-0.2, 0) is 6.54 Å². The van der Waals surface area contributed by atoms with E-state index in [0.29, 0.717) is 30.4 Å². The zero-order valence-electron chi connectivity index (χ0n) is 16.2. The van der Waals surface area contributed by atoms with Gasteiger partial charge in [0.2, 0.25) is 0 Å². The first-order chi connectivity index (χ1) is 14.1. The summed E-state index contributed by atoms with van der Waals surface area (Å²) in [5.74, 6) is 0.488. The van der Waals surface area contributed by atoms with E-state index >= 15 is 0 Å². The predicted molar refractivity (Wildman–Crippen MR) is 112 cm³/mol. The van der Waals surface area contributed by atoms with Gasteiger partial charge in [-0.3, -0.25) is 0 Å². The molecule has 0 spiro atoms. The Bertz CT molecular complexity index is 887. The molecule has 0 saturated heterocycles. The molecule has 4 amide bonds. The van der Waals surface area contributed by atoms with Crippen LogP contribution in [0.15, 0.2) is 48.5 Å². The molecule has 2 aromatic rings. The summed E-state index contributed by atoms with van der Waals surface area (Å²) in [6, 6.07) is 15.6. The number of anilines is 2. The zero-order valence-corrected chi connectivity index (χ0v) is 16.2. The Morgan fingerprint density at radius 2 is 2.00 bits per heavy atom. The molecule has 1 aliphatic heterocycles. The largest absolute Gasteiger partial charge is 0.395 e. The number of urea groups is 2. The highest BCUT2D eigenvalue weighted by Crippen LogP contribution is 2.34. The van der Waals surface area contributed by atoms with Crippen LogP contribution in [0.4, 0.5) is 21.0 Å². The minimum atomic E-state index is -0.244. The molecule has 7 nitrogen and oxygen atoms in total. The Hall–Kier alpha value is -3.06. The third kappa shape index (κ3) is 4.51. The van der Waals surface area contributed by atoms with Crippen molar-refractivity contribution < 1.29 is 14.7 Å². The summed E-state index contributed by atoms with van der Waals surface area (Å²) in [5, 5.41) is 17.8. The van der Waals surface area contributed by atoms with Crippen LogP contribution in [0.2, 0.25) is 0 Å². The quantitative estimate of drug-likeness (QED) is 0.625. The maximum absolute atomic E-state index is 12.4. The minimum absolute atomic E-state index is 0.0745. The van der Waals surface area contributed by atoms with E-state index in [-0.39, 0.29) is 24.7 Å². The molecule has 0 bridgehead atoms. The highest BCUT2D eigenvalue weighted by atomic mass is 16.3. The lowest BCUT2D eigenvalue weighted by atomic mass is 9.98. The van der Waals surface area contributed by atoms with Crippen molar-refractivity contribution in [2.75, 3.05) is 23.8 Å². The lowest BCUT2D eigenvalue weighted by molar-refractivity contribution is 0.183. The fraction of sp³-hybridized carbons (Fsp3) is 0.364. The molecule has 0 aromatic heterocycles. The number of β-amino-alcohol motifs (C(OH)–C–C–N with tert-alkyl or cyclic N) is 1. The number of benzene rings is 2. The molecule has 4 N–H and O–H groups in total. The van der Waals surface area contributed by atoms with Gasteiger partial charge in [-0.05, 0) is 48.4 Å². The molecular weight excluding hydrogens is 368 g/mol. The maximum atomic E-state index is 12.4. The third-order valence-corrected chi connectivity index (χ3v) is 5.67. The van der Waals surface area contributed by atoms with E-state index < -0.39 is 0 Å². The van der Waals surface area contributed by atoms with E-state index in [1.165, 1.54) is 5.56 Å². The van der Waals surface area contributed by atoms with Gasteiger partial charge in [-0.25, -0.2) is 9.59 Å². The van der Waals surface area contributed by atoms with Crippen LogP contribution in [0.25, 0.3) is 0 Å². The Morgan fingerprint density at radius 1 is 1.17 bits per heavy atom. The number of nitrogens with zero attached hydrogens (tertiary/aromatic N) is 1. The summed E-state index contributed by atoms with van der Waals surface area (Å²) in [6.45, 7) is 0.658. The number of nitrogens with one attached hydrogen (secondary N) is 3. The van der Waals surface area contributed by atoms with Crippen LogP contribution < -0.4 is 16.0 Å². The Balaban J connectivity index is 1.33. The van der Waals surface area contributed by atoms with Crippen molar-refractivity contribution in [1.82, 2.24) is 10.2 Å². The summed E-state index contributed by atoms with van der Waals surface area (Å²) >= 11 is 0. The molecule has 2 aromatic carbocycles. The van der Waals surface area contributed by atoms with E-state index in [1.807, 2.05) is 18.2 Å². The van der Waals surface area contributed by atoms with Gasteiger partial charge in [0, 0.05) is 30.5 Å². The summed E-state index contributed by atoms with van der Waals surface area (Å²) in [7, 11) is 0. The summed E-state index contributed by atoms with van der Waals surface area (Å²) < 4.78 is 0. The highest BCUT2D eigenvalue weighted by Gasteiger charge is 2.27. The second-order valence-corrected chi connectivity index (χ2v) is 7.66. The van der Waals surface area contributed by atoms with E-state index in [1.54, 1.807) is 11.0 Å². The molecule has 29 heavy (non-hydrogen) atoms. The molecule has 0 radical (unpaired) electrons. The van der Waals surface area contributed by atoms with Gasteiger partial charge in [0.1, 0.15) is 0 Å². The van der Waals surface area contributed by atoms with Crippen LogP contribution in [0.5, 0.6) is 0 Å². The zero-order chi connectivity index (χ0) is 20.2. The molecule has 1 aliphatic carbocycles. The number of fused-ring (bicyclic) bond motifs is 1. The summed E-state index contributed by atoms with van der Waals surface area (Å²) in [5.41, 5.74) is 3.60. The van der Waals surface area contributed by atoms with Crippen molar-refractivity contribution in [2.45, 2.75) is 37.8 Å². The van der Waals surface area contributed by atoms with Gasteiger partial charge in [-0.2, -0.15) is 0 Å². The van der Waals surface area contributed by atoms with Crippen LogP contribution in [0.3, 0.4) is 0 Å². The first-order valence-electron chi connectivity index (χ1n) is 10.0. The van der Waals surface area contributed by atoms with Gasteiger partial charge in [0.15, 0.2) is 0 Å². The fourth-order valence-electron chi connectivity index (χ4n) is 4.17. The van der Waals surface area contributed by atoms with Crippen molar-refractivity contribution in [3.8, 4) is 0 Å². The van der Waals surface area contributed by atoms with Crippen LogP contribution >= 0.6 is 0 Å². The average Bonchev–Trinajstić information content (AvgIpc) is 3.18. The van der Waals surface area contributed by atoms with Crippen LogP contribution in [0.1, 0.15) is 36.3 Å². The van der Waals surface area contributed by atoms with Gasteiger partial charge >= 0.3 is 12.1 Å². The highest BCUT2D eigenvalue weighted by molar-refractivity contribution is 5.95. The number of aliphatic hydroxyl groups excluding tert-OH is 1. The molecule has 2 aliphatic rings. The van der Waals surface area contributed by atoms with Gasteiger partial charge in [-0.1, -0.05) is 36.4 Å². The Kier molecular flexibility index (Phi) is 5.67. The van der Waals surface area contributed by atoms with Gasteiger partial charge in [0.25, 0.3) is 0 Å². The first kappa shape index (κ1) is 19.3. The normalized spacial score (nSPS) is 20.7. The van der Waals surface area contributed by atoms with E-state index in [4.69, 9.17) is 5.11 Å². The predicted octanol–water partition coefficient (Wildman–Crippen LogP) is 3.48. The smallest absolute Gasteiger partial charge is 0.322 e. The summed E-state index contributed by atoms with van der Waals surface area (Å²) in [4.78, 5) is 26.0. The lowest BCUT2D eigenvalue weighted by Gasteiger charge is -2.29. The second kappa shape index (κ2) is 8.53. The molecule has 152 valence electrons. The van der Waals surface area contributed by atoms with Crippen molar-refractivity contribution in [3.63, 3.8) is 0 Å². The van der Waals surface area contributed by atoms with Gasteiger partial charge in [-0.15, -0.1) is 0 Å². The van der Waals surface area contributed by atoms with E-state index in [0.717, 1.165) is 24.8 Å². The molecule has 0 unspecified atom stereocenters. The molecule has 1 fully saturated rings. The number of carbonyl (C=O) groups is 2. The Morgan fingerprint density at radius 3 is 2.79 bits per heavy atom. The topological polar surface area (TPSA) is 93.7 Å². The molecule has 1 saturated carbocycles. The van der Waals surface area contributed by atoms with Gasteiger partial charge < -0.3 is 26.0 Å². The third-order valence-electron chi connectivity index (χ3n) is 5.67. The van der Waals surface area contributed by atoms with Crippen molar-refractivity contribution >= 4 is 23.4 Å². The minimum Gasteiger partial charge on any atom is -0.395 e. The average molecular weight is 394 g/mol. The first-order valence-corrected chi connectivity index (χ1v) is 10.0. The molecule has 7 heteroatoms. The summed E-state index contributed by atoms with van der Waals surface area (Å²) in [6.07, 6.45) is 2.98. The number of hydrogen-bond acceptors (Lipinski definition) is 3. The molecular formula is C22H26N4O3. The molecule has 4 rings (SSSR count). The second-order valence-electron chi connectivity index (χ2n) is 7.66. The van der Waals surface area contributed by atoms with E-state index in [9.17, 15) is 9.59 Å². The maximum Gasteiger partial charge on any atom is 0.322 e. The van der Waals surface area contributed by atoms with Crippen molar-refractivity contribution in [1.29, 1.82) is 0 Å². The monoisotopic (exact) mass is 394 g/mol. The van der Waals surface area contributed by atoms with Gasteiger partial charge in [0.05, 0.1) is 6.61 Å². The fourth-order valence-corrected chi connectivity index (χ4v) is 4.17. The van der Waals surface area contributed by atoms with E-state index in [2.05, 4.69) is 40.2 Å². The molecule has 1 heterocycles. The van der Waals surface area contributed by atoms with Crippen molar-refractivity contribution in [3.05, 3.63) is 59.7 Å². The molecule has 2 atom stereocenters. The number of aliphatic hydroxyl groups is 1. The van der Waals surface area contributed by atoms with Crippen LogP contribution in [0, 0.1) is 0 Å². The van der Waals surface area contributed by atoms with Crippen molar-refractivity contribution in [2.24, 2.45) is 0 Å². The number of carbonyl (C=O) groups excluding carboxylic acids is 2. The standard InChI is InChI=1S/C22H26N4O3/c27-11-10-26-14-17-7-9-19(13-20(17)25-22(26)29)24-21(28)23-18-8-6-16(12-18)15-4-2-1-3-5-15/h1-5,7,9,13,16,18,27H,6,8,10-12,14H2,(H,25,29)(H2,23,24,28)/t16-,18-/m0/s1. The lowest BCUT2D eigenvalue weighted by Crippen LogP contribution is -2.40. The number of hydrogen-bond donors (Lipinski definition) is 4. The Labute approximate surface area is 170 Å². The number of rotatable bonds is 5. The van der Waals surface area contributed by atoms with Crippen LogP contribution in [-0.4, -0.2) is 41.3 Å².